The van der Waals surface area contributed by atoms with Crippen LogP contribution >= 0.6 is 15.9 Å². The molecule has 0 saturated carbocycles. The van der Waals surface area contributed by atoms with Crippen molar-refractivity contribution in [2.45, 2.75) is 32.7 Å². The first-order chi connectivity index (χ1) is 9.59. The number of rotatable bonds is 4. The van der Waals surface area contributed by atoms with Crippen LogP contribution in [-0.2, 0) is 0 Å². The van der Waals surface area contributed by atoms with Crippen LogP contribution in [0.25, 0.3) is 0 Å². The summed E-state index contributed by atoms with van der Waals surface area (Å²) in [4.78, 5) is 18.9. The fourth-order valence-electron chi connectivity index (χ4n) is 2.57. The Labute approximate surface area is 129 Å². The van der Waals surface area contributed by atoms with Gasteiger partial charge in [-0.1, -0.05) is 0 Å². The van der Waals surface area contributed by atoms with Crippen LogP contribution in [0.4, 0.5) is 0 Å². The maximum absolute atomic E-state index is 12.7. The van der Waals surface area contributed by atoms with E-state index in [2.05, 4.69) is 40.1 Å². The molecule has 0 aliphatic carbocycles. The Morgan fingerprint density at radius 2 is 2.40 bits per heavy atom. The number of nitrogens with one attached hydrogen (secondary N) is 1. The van der Waals surface area contributed by atoms with Crippen molar-refractivity contribution in [3.8, 4) is 0 Å². The zero-order valence-corrected chi connectivity index (χ0v) is 13.7. The first kappa shape index (κ1) is 15.4. The lowest BCUT2D eigenvalue weighted by Gasteiger charge is -2.32. The largest absolute Gasteiger partial charge is 0.335 e. The molecule has 0 radical (unpaired) electrons. The Kier molecular flexibility index (Phi) is 5.54. The second kappa shape index (κ2) is 7.18. The summed E-state index contributed by atoms with van der Waals surface area (Å²) in [5, 5.41) is 3.41. The third kappa shape index (κ3) is 3.79. The number of hydrogen-bond donors (Lipinski definition) is 1. The van der Waals surface area contributed by atoms with Crippen molar-refractivity contribution in [1.29, 1.82) is 0 Å². The van der Waals surface area contributed by atoms with Crippen LogP contribution in [0.1, 0.15) is 37.2 Å². The van der Waals surface area contributed by atoms with E-state index in [1.54, 1.807) is 6.20 Å². The van der Waals surface area contributed by atoms with Crippen LogP contribution in [-0.4, -0.2) is 41.5 Å². The van der Waals surface area contributed by atoms with E-state index in [0.29, 0.717) is 11.6 Å². The number of carbonyl (C=O) groups is 1. The third-order valence-corrected chi connectivity index (χ3v) is 4.34. The summed E-state index contributed by atoms with van der Waals surface area (Å²) >= 11 is 3.42. The van der Waals surface area contributed by atoms with Gasteiger partial charge in [0.05, 0.1) is 0 Å². The lowest BCUT2D eigenvalue weighted by molar-refractivity contribution is 0.0654. The predicted molar refractivity (Wildman–Crippen MR) is 83.7 cm³/mol. The van der Waals surface area contributed by atoms with E-state index in [1.807, 2.05) is 17.0 Å². The number of aromatic nitrogens is 1. The van der Waals surface area contributed by atoms with Gasteiger partial charge in [-0.15, -0.1) is 0 Å². The molecule has 2 heterocycles. The van der Waals surface area contributed by atoms with Gasteiger partial charge in [0.15, 0.2) is 0 Å². The van der Waals surface area contributed by atoms with Gasteiger partial charge in [-0.2, -0.15) is 0 Å². The highest BCUT2D eigenvalue weighted by molar-refractivity contribution is 9.10. The highest BCUT2D eigenvalue weighted by Gasteiger charge is 2.25. The molecule has 0 aromatic carbocycles. The van der Waals surface area contributed by atoms with E-state index in [9.17, 15) is 4.79 Å². The Bertz CT molecular complexity index is 458. The van der Waals surface area contributed by atoms with Gasteiger partial charge in [0, 0.05) is 23.3 Å². The van der Waals surface area contributed by atoms with Crippen molar-refractivity contribution in [3.63, 3.8) is 0 Å². The molecular formula is C15H22BrN3O. The van der Waals surface area contributed by atoms with Gasteiger partial charge in [0.2, 0.25) is 0 Å². The molecule has 1 N–H and O–H groups in total. The van der Waals surface area contributed by atoms with E-state index in [4.69, 9.17) is 0 Å². The second-order valence-electron chi connectivity index (χ2n) is 5.60. The molecule has 0 bridgehead atoms. The summed E-state index contributed by atoms with van der Waals surface area (Å²) in [6.07, 6.45) is 4.05. The minimum atomic E-state index is 0.0121. The smallest absolute Gasteiger partial charge is 0.273 e. The van der Waals surface area contributed by atoms with Crippen molar-refractivity contribution >= 4 is 21.8 Å². The molecule has 1 atom stereocenters. The molecule has 1 aliphatic rings. The standard InChI is InChI=1S/C15H22BrN3O/c1-11(2)19(10-12-5-3-7-17-9-12)15(20)14-13(16)6-4-8-18-14/h4,6,8,11-12,17H,3,5,7,9-10H2,1-2H3. The van der Waals surface area contributed by atoms with Crippen LogP contribution < -0.4 is 5.32 Å². The Hall–Kier alpha value is -0.940. The summed E-state index contributed by atoms with van der Waals surface area (Å²) in [6.45, 7) is 7.01. The van der Waals surface area contributed by atoms with Crippen molar-refractivity contribution in [2.75, 3.05) is 19.6 Å². The Balaban J connectivity index is 2.11. The van der Waals surface area contributed by atoms with Gasteiger partial charge in [0.1, 0.15) is 5.69 Å². The molecule has 1 aromatic heterocycles. The number of pyridine rings is 1. The van der Waals surface area contributed by atoms with Crippen LogP contribution in [0.5, 0.6) is 0 Å². The monoisotopic (exact) mass is 339 g/mol. The number of halogens is 1. The minimum Gasteiger partial charge on any atom is -0.335 e. The SMILES string of the molecule is CC(C)N(CC1CCCNC1)C(=O)c1ncccc1Br. The molecular weight excluding hydrogens is 318 g/mol. The molecule has 1 fully saturated rings. The van der Waals surface area contributed by atoms with Crippen molar-refractivity contribution < 1.29 is 4.79 Å². The Morgan fingerprint density at radius 3 is 3.00 bits per heavy atom. The molecule has 1 amide bonds. The van der Waals surface area contributed by atoms with Crippen molar-refractivity contribution in [2.24, 2.45) is 5.92 Å². The second-order valence-corrected chi connectivity index (χ2v) is 6.45. The van der Waals surface area contributed by atoms with Crippen LogP contribution in [0.3, 0.4) is 0 Å². The van der Waals surface area contributed by atoms with Crippen LogP contribution in [0.15, 0.2) is 22.8 Å². The topological polar surface area (TPSA) is 45.2 Å². The molecule has 0 spiro atoms. The van der Waals surface area contributed by atoms with E-state index in [1.165, 1.54) is 12.8 Å². The quantitative estimate of drug-likeness (QED) is 0.917. The third-order valence-electron chi connectivity index (χ3n) is 3.70. The molecule has 2 rings (SSSR count). The van der Waals surface area contributed by atoms with E-state index >= 15 is 0 Å². The predicted octanol–water partition coefficient (Wildman–Crippen LogP) is 2.69. The normalized spacial score (nSPS) is 19.1. The fourth-order valence-corrected chi connectivity index (χ4v) is 2.99. The summed E-state index contributed by atoms with van der Waals surface area (Å²) in [7, 11) is 0. The molecule has 1 aromatic rings. The number of nitrogens with zero attached hydrogens (tertiary/aromatic N) is 2. The van der Waals surface area contributed by atoms with Crippen LogP contribution in [0, 0.1) is 5.92 Å². The number of carbonyl (C=O) groups excluding carboxylic acids is 1. The van der Waals surface area contributed by atoms with Crippen molar-refractivity contribution in [3.05, 3.63) is 28.5 Å². The van der Waals surface area contributed by atoms with E-state index < -0.39 is 0 Å². The number of hydrogen-bond acceptors (Lipinski definition) is 3. The summed E-state index contributed by atoms with van der Waals surface area (Å²) < 4.78 is 0.761. The van der Waals surface area contributed by atoms with Gasteiger partial charge in [-0.05, 0) is 73.8 Å². The molecule has 20 heavy (non-hydrogen) atoms. The molecule has 4 nitrogen and oxygen atoms in total. The lowest BCUT2D eigenvalue weighted by Crippen LogP contribution is -2.44. The van der Waals surface area contributed by atoms with Gasteiger partial charge in [-0.3, -0.25) is 4.79 Å². The fraction of sp³-hybridized carbons (Fsp3) is 0.600. The van der Waals surface area contributed by atoms with Gasteiger partial charge in [-0.25, -0.2) is 4.98 Å². The van der Waals surface area contributed by atoms with Gasteiger partial charge < -0.3 is 10.2 Å². The molecule has 1 saturated heterocycles. The van der Waals surface area contributed by atoms with Gasteiger partial charge >= 0.3 is 0 Å². The van der Waals surface area contributed by atoms with E-state index in [0.717, 1.165) is 24.1 Å². The Morgan fingerprint density at radius 1 is 1.60 bits per heavy atom. The zero-order valence-electron chi connectivity index (χ0n) is 12.1. The summed E-state index contributed by atoms with van der Waals surface area (Å²) in [5.41, 5.74) is 0.505. The first-order valence-electron chi connectivity index (χ1n) is 7.21. The van der Waals surface area contributed by atoms with E-state index in [-0.39, 0.29) is 11.9 Å². The maximum Gasteiger partial charge on any atom is 0.273 e. The average Bonchev–Trinajstić information content (AvgIpc) is 2.45. The zero-order chi connectivity index (χ0) is 14.5. The minimum absolute atomic E-state index is 0.0121. The average molecular weight is 340 g/mol. The van der Waals surface area contributed by atoms with Crippen LogP contribution in [0.2, 0.25) is 0 Å². The molecule has 5 heteroatoms. The highest BCUT2D eigenvalue weighted by atomic mass is 79.9. The number of piperidine rings is 1. The molecule has 1 unspecified atom stereocenters. The summed E-state index contributed by atoms with van der Waals surface area (Å²) in [6, 6.07) is 3.87. The molecule has 1 aliphatic heterocycles. The first-order valence-corrected chi connectivity index (χ1v) is 8.01. The highest BCUT2D eigenvalue weighted by Crippen LogP contribution is 2.19. The summed E-state index contributed by atoms with van der Waals surface area (Å²) in [5.74, 6) is 0.552. The van der Waals surface area contributed by atoms with Crippen molar-refractivity contribution in [1.82, 2.24) is 15.2 Å². The molecule has 110 valence electrons. The maximum atomic E-state index is 12.7. The van der Waals surface area contributed by atoms with Gasteiger partial charge in [0.25, 0.3) is 5.91 Å². The lowest BCUT2D eigenvalue weighted by atomic mass is 9.98. The number of amides is 1.